The number of carbonyl (C=O) groups excluding carboxylic acids is 1. The van der Waals surface area contributed by atoms with Crippen LogP contribution in [-0.2, 0) is 4.74 Å². The van der Waals surface area contributed by atoms with E-state index in [-0.39, 0.29) is 11.3 Å². The first-order chi connectivity index (χ1) is 10.9. The second-order valence-corrected chi connectivity index (χ2v) is 5.04. The van der Waals surface area contributed by atoms with E-state index in [4.69, 9.17) is 16.9 Å². The van der Waals surface area contributed by atoms with Crippen LogP contribution in [0.4, 0.5) is 20.2 Å². The van der Waals surface area contributed by atoms with Crippen molar-refractivity contribution in [1.82, 2.24) is 0 Å². The van der Waals surface area contributed by atoms with Crippen molar-refractivity contribution in [2.75, 3.05) is 12.4 Å². The van der Waals surface area contributed by atoms with Crippen molar-refractivity contribution in [2.45, 2.75) is 6.92 Å². The highest BCUT2D eigenvalue weighted by atomic mass is 35.5. The Morgan fingerprint density at radius 1 is 1.30 bits per heavy atom. The number of anilines is 2. The van der Waals surface area contributed by atoms with Crippen molar-refractivity contribution in [2.24, 2.45) is 0 Å². The molecule has 0 atom stereocenters. The number of nitrogens with zero attached hydrogens (tertiary/aromatic N) is 1. The molecule has 0 radical (unpaired) electrons. The predicted molar refractivity (Wildman–Crippen MR) is 81.9 cm³/mol. The molecule has 2 rings (SSSR count). The van der Waals surface area contributed by atoms with Gasteiger partial charge in [-0.15, -0.1) is 0 Å². The number of hydrogen-bond acceptors (Lipinski definition) is 4. The van der Waals surface area contributed by atoms with E-state index in [1.807, 2.05) is 0 Å². The van der Waals surface area contributed by atoms with E-state index in [9.17, 15) is 13.6 Å². The summed E-state index contributed by atoms with van der Waals surface area (Å²) in [5.41, 5.74) is 0.418. The Bertz CT molecular complexity index is 832. The van der Waals surface area contributed by atoms with Gasteiger partial charge in [0.05, 0.1) is 23.4 Å². The number of methoxy groups -OCH3 is 1. The summed E-state index contributed by atoms with van der Waals surface area (Å²) in [6, 6.07) is 6.91. The second-order valence-electron chi connectivity index (χ2n) is 4.66. The first-order valence-corrected chi connectivity index (χ1v) is 6.80. The fourth-order valence-electron chi connectivity index (χ4n) is 2.02. The zero-order valence-electron chi connectivity index (χ0n) is 12.2. The quantitative estimate of drug-likeness (QED) is 0.847. The third kappa shape index (κ3) is 3.25. The van der Waals surface area contributed by atoms with Gasteiger partial charge < -0.3 is 10.1 Å². The van der Waals surface area contributed by atoms with Gasteiger partial charge in [0.25, 0.3) is 0 Å². The first kappa shape index (κ1) is 16.7. The minimum Gasteiger partial charge on any atom is -0.465 e. The maximum atomic E-state index is 14.3. The average molecular weight is 337 g/mol. The third-order valence-corrected chi connectivity index (χ3v) is 3.54. The molecule has 0 amide bonds. The molecule has 4 nitrogen and oxygen atoms in total. The van der Waals surface area contributed by atoms with E-state index in [0.717, 1.165) is 7.11 Å². The molecule has 7 heteroatoms. The number of esters is 1. The Balaban J connectivity index is 2.62. The van der Waals surface area contributed by atoms with Crippen molar-refractivity contribution in [3.8, 4) is 6.07 Å². The maximum absolute atomic E-state index is 14.3. The number of hydrogen-bond donors (Lipinski definition) is 1. The molecule has 0 spiro atoms. The van der Waals surface area contributed by atoms with E-state index >= 15 is 0 Å². The second kappa shape index (κ2) is 6.63. The summed E-state index contributed by atoms with van der Waals surface area (Å²) >= 11 is 5.74. The van der Waals surface area contributed by atoms with Gasteiger partial charge in [0.15, 0.2) is 5.82 Å². The molecule has 0 unspecified atom stereocenters. The van der Waals surface area contributed by atoms with E-state index in [1.165, 1.54) is 24.3 Å². The smallest absolute Gasteiger partial charge is 0.343 e. The Kier molecular flexibility index (Phi) is 4.82. The fraction of sp³-hybridized carbons (Fsp3) is 0.125. The summed E-state index contributed by atoms with van der Waals surface area (Å²) in [7, 11) is 1.10. The van der Waals surface area contributed by atoms with Gasteiger partial charge in [-0.1, -0.05) is 11.6 Å². The van der Waals surface area contributed by atoms with Gasteiger partial charge in [0.2, 0.25) is 0 Å². The number of rotatable bonds is 3. The Labute approximate surface area is 136 Å². The number of benzene rings is 2. The molecule has 1 N–H and O–H groups in total. The van der Waals surface area contributed by atoms with Crippen LogP contribution in [0.1, 0.15) is 21.5 Å². The van der Waals surface area contributed by atoms with Gasteiger partial charge in [0, 0.05) is 5.69 Å². The van der Waals surface area contributed by atoms with Crippen molar-refractivity contribution in [3.63, 3.8) is 0 Å². The van der Waals surface area contributed by atoms with E-state index in [0.29, 0.717) is 11.3 Å². The molecular weight excluding hydrogens is 326 g/mol. The molecule has 0 saturated carbocycles. The highest BCUT2D eigenvalue weighted by Gasteiger charge is 2.23. The lowest BCUT2D eigenvalue weighted by atomic mass is 10.1. The number of halogens is 3. The summed E-state index contributed by atoms with van der Waals surface area (Å²) in [6.07, 6.45) is 0. The molecule has 23 heavy (non-hydrogen) atoms. The molecule has 2 aromatic carbocycles. The van der Waals surface area contributed by atoms with Crippen LogP contribution in [0.5, 0.6) is 0 Å². The Morgan fingerprint density at radius 2 is 2.00 bits per heavy atom. The molecule has 0 aliphatic rings. The van der Waals surface area contributed by atoms with Crippen LogP contribution in [0, 0.1) is 29.9 Å². The molecule has 2 aromatic rings. The molecule has 0 aliphatic carbocycles. The highest BCUT2D eigenvalue weighted by Crippen LogP contribution is 2.32. The standard InChI is InChI=1S/C16H11ClF2N2O2/c1-8-5-10(18)3-4-11(8)21-12-6-9(7-20)14(17)15(19)13(12)16(22)23-2/h3-6,21H,1-2H3. The molecule has 0 aromatic heterocycles. The minimum atomic E-state index is -1.06. The zero-order valence-corrected chi connectivity index (χ0v) is 13.0. The summed E-state index contributed by atoms with van der Waals surface area (Å²) in [4.78, 5) is 11.8. The van der Waals surface area contributed by atoms with Crippen LogP contribution in [-0.4, -0.2) is 13.1 Å². The van der Waals surface area contributed by atoms with Gasteiger partial charge in [-0.05, 0) is 36.8 Å². The molecule has 118 valence electrons. The zero-order chi connectivity index (χ0) is 17.1. The van der Waals surface area contributed by atoms with Crippen molar-refractivity contribution in [3.05, 3.63) is 57.6 Å². The van der Waals surface area contributed by atoms with Crippen molar-refractivity contribution >= 4 is 28.9 Å². The Morgan fingerprint density at radius 3 is 2.57 bits per heavy atom. The van der Waals surface area contributed by atoms with Crippen LogP contribution in [0.2, 0.25) is 5.02 Å². The van der Waals surface area contributed by atoms with Crippen LogP contribution < -0.4 is 5.32 Å². The number of ether oxygens (including phenoxy) is 1. The van der Waals surface area contributed by atoms with Crippen LogP contribution in [0.15, 0.2) is 24.3 Å². The van der Waals surface area contributed by atoms with E-state index < -0.39 is 28.2 Å². The van der Waals surface area contributed by atoms with Crippen LogP contribution in [0.25, 0.3) is 0 Å². The number of nitrogens with one attached hydrogen (secondary N) is 1. The minimum absolute atomic E-state index is 0.00464. The predicted octanol–water partition coefficient (Wildman–Crippen LogP) is 4.33. The van der Waals surface area contributed by atoms with Gasteiger partial charge in [0.1, 0.15) is 17.4 Å². The highest BCUT2D eigenvalue weighted by molar-refractivity contribution is 6.32. The van der Waals surface area contributed by atoms with Crippen LogP contribution >= 0.6 is 11.6 Å². The summed E-state index contributed by atoms with van der Waals surface area (Å²) < 4.78 is 32.0. The molecular formula is C16H11ClF2N2O2. The third-order valence-electron chi connectivity index (χ3n) is 3.17. The molecule has 0 fully saturated rings. The summed E-state index contributed by atoms with van der Waals surface area (Å²) in [5.74, 6) is -2.43. The maximum Gasteiger partial charge on any atom is 0.343 e. The van der Waals surface area contributed by atoms with Crippen molar-refractivity contribution < 1.29 is 18.3 Å². The lowest BCUT2D eigenvalue weighted by molar-refractivity contribution is 0.0597. The van der Waals surface area contributed by atoms with Gasteiger partial charge >= 0.3 is 5.97 Å². The van der Waals surface area contributed by atoms with E-state index in [1.54, 1.807) is 13.0 Å². The van der Waals surface area contributed by atoms with Crippen molar-refractivity contribution in [1.29, 1.82) is 5.26 Å². The molecule has 0 heterocycles. The SMILES string of the molecule is COC(=O)c1c(Nc2ccc(F)cc2C)cc(C#N)c(Cl)c1F. The lowest BCUT2D eigenvalue weighted by Crippen LogP contribution is -2.10. The summed E-state index contributed by atoms with van der Waals surface area (Å²) in [6.45, 7) is 1.64. The van der Waals surface area contributed by atoms with Gasteiger partial charge in [-0.2, -0.15) is 5.26 Å². The molecule has 0 saturated heterocycles. The number of carbonyl (C=O) groups is 1. The average Bonchev–Trinajstić information content (AvgIpc) is 2.52. The Hall–Kier alpha value is -2.65. The monoisotopic (exact) mass is 336 g/mol. The molecule has 0 bridgehead atoms. The lowest BCUT2D eigenvalue weighted by Gasteiger charge is -2.15. The fourth-order valence-corrected chi connectivity index (χ4v) is 2.21. The number of nitriles is 1. The normalized spacial score (nSPS) is 10.1. The first-order valence-electron chi connectivity index (χ1n) is 6.42. The summed E-state index contributed by atoms with van der Waals surface area (Å²) in [5, 5.41) is 11.4. The number of aryl methyl sites for hydroxylation is 1. The van der Waals surface area contributed by atoms with E-state index in [2.05, 4.69) is 10.1 Å². The van der Waals surface area contributed by atoms with Gasteiger partial charge in [-0.3, -0.25) is 0 Å². The topological polar surface area (TPSA) is 62.1 Å². The molecule has 0 aliphatic heterocycles. The van der Waals surface area contributed by atoms with Crippen LogP contribution in [0.3, 0.4) is 0 Å². The van der Waals surface area contributed by atoms with Gasteiger partial charge in [-0.25, -0.2) is 13.6 Å². The largest absolute Gasteiger partial charge is 0.465 e.